The molecular formula is C15H21. The van der Waals surface area contributed by atoms with Gasteiger partial charge in [0, 0.05) is 0 Å². The molecule has 0 aromatic heterocycles. The molecule has 81 valence electrons. The molecule has 1 aromatic rings. The van der Waals surface area contributed by atoms with Gasteiger partial charge in [-0.15, -0.1) is 0 Å². The van der Waals surface area contributed by atoms with Gasteiger partial charge in [-0.2, -0.15) is 0 Å². The van der Waals surface area contributed by atoms with Gasteiger partial charge < -0.3 is 0 Å². The van der Waals surface area contributed by atoms with Crippen LogP contribution in [-0.2, 0) is 0 Å². The highest BCUT2D eigenvalue weighted by molar-refractivity contribution is 5.27. The van der Waals surface area contributed by atoms with Crippen LogP contribution in [0.15, 0.2) is 24.3 Å². The maximum Gasteiger partial charge on any atom is -0.0162 e. The molecule has 0 aliphatic heterocycles. The lowest BCUT2D eigenvalue weighted by Crippen LogP contribution is -2.12. The van der Waals surface area contributed by atoms with Crippen molar-refractivity contribution in [1.29, 1.82) is 0 Å². The van der Waals surface area contributed by atoms with Crippen LogP contribution < -0.4 is 0 Å². The third-order valence-corrected chi connectivity index (χ3v) is 3.88. The van der Waals surface area contributed by atoms with Crippen molar-refractivity contribution in [1.82, 2.24) is 0 Å². The van der Waals surface area contributed by atoms with E-state index in [2.05, 4.69) is 38.1 Å². The summed E-state index contributed by atoms with van der Waals surface area (Å²) < 4.78 is 0. The zero-order chi connectivity index (χ0) is 10.7. The van der Waals surface area contributed by atoms with Crippen LogP contribution in [-0.4, -0.2) is 0 Å². The van der Waals surface area contributed by atoms with Crippen molar-refractivity contribution in [3.8, 4) is 0 Å². The first-order valence-electron chi connectivity index (χ1n) is 6.21. The van der Waals surface area contributed by atoms with E-state index in [0.717, 1.165) is 17.4 Å². The molecule has 0 heterocycles. The predicted octanol–water partition coefficient (Wildman–Crippen LogP) is 4.55. The first-order chi connectivity index (χ1) is 7.29. The molecule has 2 rings (SSSR count). The SMILES string of the molecule is [CH2]c1ccc(C2CCC(CC)CC2)cc1. The summed E-state index contributed by atoms with van der Waals surface area (Å²) in [5.74, 6) is 1.81. The molecule has 0 heteroatoms. The Hall–Kier alpha value is -0.780. The zero-order valence-corrected chi connectivity index (χ0v) is 9.71. The van der Waals surface area contributed by atoms with Crippen molar-refractivity contribution in [2.45, 2.75) is 44.9 Å². The Balaban J connectivity index is 1.98. The molecule has 0 bridgehead atoms. The molecule has 1 aliphatic carbocycles. The van der Waals surface area contributed by atoms with Crippen molar-refractivity contribution in [2.75, 3.05) is 0 Å². The lowest BCUT2D eigenvalue weighted by Gasteiger charge is -2.28. The lowest BCUT2D eigenvalue weighted by atomic mass is 9.78. The van der Waals surface area contributed by atoms with Gasteiger partial charge >= 0.3 is 0 Å². The normalized spacial score (nSPS) is 26.5. The molecule has 0 nitrogen and oxygen atoms in total. The Morgan fingerprint density at radius 1 is 1.07 bits per heavy atom. The minimum Gasteiger partial charge on any atom is -0.0651 e. The van der Waals surface area contributed by atoms with Crippen LogP contribution in [0.3, 0.4) is 0 Å². The molecule has 0 unspecified atom stereocenters. The highest BCUT2D eigenvalue weighted by Crippen LogP contribution is 2.36. The third kappa shape index (κ3) is 2.62. The van der Waals surface area contributed by atoms with E-state index in [-0.39, 0.29) is 0 Å². The first-order valence-corrected chi connectivity index (χ1v) is 6.21. The van der Waals surface area contributed by atoms with Crippen molar-refractivity contribution in [3.63, 3.8) is 0 Å². The van der Waals surface area contributed by atoms with Crippen LogP contribution in [0.2, 0.25) is 0 Å². The Labute approximate surface area is 93.7 Å². The lowest BCUT2D eigenvalue weighted by molar-refractivity contribution is 0.319. The topological polar surface area (TPSA) is 0 Å². The highest BCUT2D eigenvalue weighted by Gasteiger charge is 2.20. The van der Waals surface area contributed by atoms with Gasteiger partial charge in [-0.25, -0.2) is 0 Å². The van der Waals surface area contributed by atoms with Crippen molar-refractivity contribution in [2.24, 2.45) is 5.92 Å². The van der Waals surface area contributed by atoms with Crippen molar-refractivity contribution < 1.29 is 0 Å². The molecule has 1 saturated carbocycles. The minimum absolute atomic E-state index is 0.813. The molecule has 1 aromatic carbocycles. The maximum absolute atomic E-state index is 3.93. The summed E-state index contributed by atoms with van der Waals surface area (Å²) in [4.78, 5) is 0. The molecule has 0 spiro atoms. The van der Waals surface area contributed by atoms with Gasteiger partial charge in [-0.1, -0.05) is 37.6 Å². The summed E-state index contributed by atoms with van der Waals surface area (Å²) in [6.45, 7) is 6.25. The van der Waals surface area contributed by atoms with Crippen molar-refractivity contribution >= 4 is 0 Å². The number of rotatable bonds is 2. The third-order valence-electron chi connectivity index (χ3n) is 3.88. The van der Waals surface area contributed by atoms with Gasteiger partial charge in [-0.3, -0.25) is 0 Å². The summed E-state index contributed by atoms with van der Waals surface area (Å²) in [7, 11) is 0. The van der Waals surface area contributed by atoms with Gasteiger partial charge in [0.25, 0.3) is 0 Å². The molecule has 1 radical (unpaired) electrons. The van der Waals surface area contributed by atoms with E-state index < -0.39 is 0 Å². The van der Waals surface area contributed by atoms with Crippen LogP contribution in [0.25, 0.3) is 0 Å². The average Bonchev–Trinajstić information content (AvgIpc) is 2.30. The fourth-order valence-electron chi connectivity index (χ4n) is 2.69. The molecule has 15 heavy (non-hydrogen) atoms. The zero-order valence-electron chi connectivity index (χ0n) is 9.71. The van der Waals surface area contributed by atoms with E-state index in [1.54, 1.807) is 0 Å². The van der Waals surface area contributed by atoms with Gasteiger partial charge in [0.2, 0.25) is 0 Å². The van der Waals surface area contributed by atoms with E-state index >= 15 is 0 Å². The van der Waals surface area contributed by atoms with Crippen LogP contribution in [0.1, 0.15) is 56.1 Å². The minimum atomic E-state index is 0.813. The maximum atomic E-state index is 3.93. The molecule has 1 fully saturated rings. The van der Waals surface area contributed by atoms with E-state index in [1.807, 2.05) is 0 Å². The summed E-state index contributed by atoms with van der Waals surface area (Å²) in [6, 6.07) is 8.81. The van der Waals surface area contributed by atoms with E-state index in [0.29, 0.717) is 0 Å². The Bertz CT molecular complexity index is 288. The number of hydrogen-bond donors (Lipinski definition) is 0. The van der Waals surface area contributed by atoms with Gasteiger partial charge in [0.15, 0.2) is 0 Å². The standard InChI is InChI=1S/C15H21/c1-3-13-6-10-15(11-7-13)14-8-4-12(2)5-9-14/h4-5,8-9,13,15H,2-3,6-7,10-11H2,1H3. The molecule has 0 atom stereocenters. The smallest absolute Gasteiger partial charge is 0.0162 e. The van der Waals surface area contributed by atoms with E-state index in [4.69, 9.17) is 0 Å². The van der Waals surface area contributed by atoms with E-state index in [1.165, 1.54) is 37.7 Å². The fourth-order valence-corrected chi connectivity index (χ4v) is 2.69. The summed E-state index contributed by atoms with van der Waals surface area (Å²) in [5.41, 5.74) is 2.65. The molecule has 1 aliphatic rings. The second-order valence-electron chi connectivity index (χ2n) is 4.87. The summed E-state index contributed by atoms with van der Waals surface area (Å²) >= 11 is 0. The Kier molecular flexibility index (Phi) is 3.45. The second-order valence-corrected chi connectivity index (χ2v) is 4.87. The molecular weight excluding hydrogens is 180 g/mol. The Morgan fingerprint density at radius 2 is 1.67 bits per heavy atom. The van der Waals surface area contributed by atoms with Crippen LogP contribution in [0, 0.1) is 12.8 Å². The molecule has 0 saturated heterocycles. The predicted molar refractivity (Wildman–Crippen MR) is 65.9 cm³/mol. The summed E-state index contributed by atoms with van der Waals surface area (Å²) in [6.07, 6.45) is 6.98. The van der Waals surface area contributed by atoms with Crippen molar-refractivity contribution in [3.05, 3.63) is 42.3 Å². The average molecular weight is 201 g/mol. The largest absolute Gasteiger partial charge is 0.0651 e. The monoisotopic (exact) mass is 201 g/mol. The number of hydrogen-bond acceptors (Lipinski definition) is 0. The van der Waals surface area contributed by atoms with E-state index in [9.17, 15) is 0 Å². The van der Waals surface area contributed by atoms with Crippen LogP contribution >= 0.6 is 0 Å². The fraction of sp³-hybridized carbons (Fsp3) is 0.533. The molecule has 0 amide bonds. The summed E-state index contributed by atoms with van der Waals surface area (Å²) in [5, 5.41) is 0. The first kappa shape index (κ1) is 10.7. The van der Waals surface area contributed by atoms with Crippen LogP contribution in [0.4, 0.5) is 0 Å². The number of benzene rings is 1. The second kappa shape index (κ2) is 4.83. The van der Waals surface area contributed by atoms with Gasteiger partial charge in [-0.05, 0) is 55.6 Å². The quantitative estimate of drug-likeness (QED) is 0.658. The van der Waals surface area contributed by atoms with Gasteiger partial charge in [0.05, 0.1) is 0 Å². The Morgan fingerprint density at radius 3 is 2.20 bits per heavy atom. The molecule has 0 N–H and O–H groups in total. The van der Waals surface area contributed by atoms with Crippen LogP contribution in [0.5, 0.6) is 0 Å². The highest BCUT2D eigenvalue weighted by atomic mass is 14.3. The van der Waals surface area contributed by atoms with Gasteiger partial charge in [0.1, 0.15) is 0 Å².